The van der Waals surface area contributed by atoms with E-state index in [4.69, 9.17) is 27.2 Å². The lowest BCUT2D eigenvalue weighted by Crippen LogP contribution is -2.46. The van der Waals surface area contributed by atoms with Crippen LogP contribution in [-0.4, -0.2) is 76.7 Å². The van der Waals surface area contributed by atoms with Crippen LogP contribution < -0.4 is 0 Å². The van der Waals surface area contributed by atoms with Crippen LogP contribution in [0.4, 0.5) is 0 Å². The molecule has 1 aromatic carbocycles. The van der Waals surface area contributed by atoms with Gasteiger partial charge in [0.05, 0.1) is 7.11 Å². The summed E-state index contributed by atoms with van der Waals surface area (Å²) in [5.41, 5.74) is 1.00. The van der Waals surface area contributed by atoms with Crippen molar-refractivity contribution in [2.45, 2.75) is 244 Å². The molecule has 0 aliphatic rings. The zero-order valence-electron chi connectivity index (χ0n) is 43.2. The summed E-state index contributed by atoms with van der Waals surface area (Å²) in [5, 5.41) is 0.0955. The number of methoxy groups -OCH3 is 1. The molecule has 0 saturated heterocycles. The molecule has 0 aliphatic heterocycles. The van der Waals surface area contributed by atoms with Gasteiger partial charge < -0.3 is 27.2 Å². The summed E-state index contributed by atoms with van der Waals surface area (Å²) in [5.74, 6) is 5.00. The molecular formula is C49H92O8Si4. The summed E-state index contributed by atoms with van der Waals surface area (Å²) in [6, 6.07) is 10.1. The lowest BCUT2D eigenvalue weighted by Gasteiger charge is -2.42. The monoisotopic (exact) mass is 921 g/mol. The Kier molecular flexibility index (Phi) is 21.7. The van der Waals surface area contributed by atoms with Gasteiger partial charge in [0.15, 0.2) is 33.3 Å². The normalized spacial score (nSPS) is 16.2. The second kappa shape index (κ2) is 23.1. The fourth-order valence-electron chi connectivity index (χ4n) is 6.03. The summed E-state index contributed by atoms with van der Waals surface area (Å²) in [6.07, 6.45) is 5.43. The van der Waals surface area contributed by atoms with Crippen LogP contribution in [0.25, 0.3) is 0 Å². The minimum atomic E-state index is -2.21. The summed E-state index contributed by atoms with van der Waals surface area (Å²) in [7, 11) is -7.35. The number of hydrogen-bond acceptors (Lipinski definition) is 8. The van der Waals surface area contributed by atoms with Crippen molar-refractivity contribution in [3.8, 4) is 11.8 Å². The molecule has 12 heteroatoms. The highest BCUT2D eigenvalue weighted by Crippen LogP contribution is 2.43. The van der Waals surface area contributed by atoms with Crippen LogP contribution in [0.3, 0.4) is 0 Å². The molecule has 352 valence electrons. The van der Waals surface area contributed by atoms with Gasteiger partial charge in [-0.2, -0.15) is 0 Å². The lowest BCUT2D eigenvalue weighted by molar-refractivity contribution is -0.147. The molecule has 0 spiro atoms. The molecule has 5 unspecified atom stereocenters. The van der Waals surface area contributed by atoms with Crippen LogP contribution in [0.15, 0.2) is 30.3 Å². The molecule has 0 fully saturated rings. The number of rotatable bonds is 22. The summed E-state index contributed by atoms with van der Waals surface area (Å²) < 4.78 is 39.5. The topological polar surface area (TPSA) is 89.5 Å². The van der Waals surface area contributed by atoms with Crippen molar-refractivity contribution in [3.05, 3.63) is 35.9 Å². The van der Waals surface area contributed by atoms with Crippen molar-refractivity contribution in [2.75, 3.05) is 7.11 Å². The number of benzene rings is 1. The lowest BCUT2D eigenvalue weighted by atomic mass is 9.97. The van der Waals surface area contributed by atoms with Gasteiger partial charge in [0.25, 0.3) is 0 Å². The SMILES string of the molecule is COC(=O)C#CC(CCC(CCC(CCC(CCC(OC(C)=O)c1ccccc1)O[Si](C)(C)C(C)(C)C)O[Si](C)(C)C(C)(C)C)O[Si](C)(C)C(C)(C)C)O[Si](C)(C)C(C)(C)C. The van der Waals surface area contributed by atoms with Gasteiger partial charge in [-0.3, -0.25) is 4.79 Å². The number of hydrogen-bond donors (Lipinski definition) is 0. The van der Waals surface area contributed by atoms with E-state index in [9.17, 15) is 9.59 Å². The summed E-state index contributed by atoms with van der Waals surface area (Å²) in [4.78, 5) is 24.5. The van der Waals surface area contributed by atoms with Gasteiger partial charge in [-0.25, -0.2) is 4.79 Å². The standard InChI is InChI=1S/C49H92O8Si4/c1-38(50)53-44(39-26-24-23-25-27-39)36-34-42(56-60(19,20)48(8,9)10)32-30-40(54-58(15,16)46(2,3)4)28-29-41(55-59(17,18)47(5,6)7)31-33-43(35-37-45(51)52-14)57-61(21,22)49(11,12)13/h23-27,40-44H,28-34,36H2,1-22H3. The fraction of sp³-hybridized carbons (Fsp3) is 0.796. The van der Waals surface area contributed by atoms with Crippen LogP contribution in [0.1, 0.15) is 153 Å². The molecule has 1 rings (SSSR count). The first-order valence-electron chi connectivity index (χ1n) is 23.0. The third kappa shape index (κ3) is 19.6. The Labute approximate surface area is 379 Å². The van der Waals surface area contributed by atoms with Crippen molar-refractivity contribution in [2.24, 2.45) is 0 Å². The van der Waals surface area contributed by atoms with Gasteiger partial charge in [-0.1, -0.05) is 119 Å². The van der Waals surface area contributed by atoms with Crippen LogP contribution in [0.5, 0.6) is 0 Å². The molecule has 61 heavy (non-hydrogen) atoms. The van der Waals surface area contributed by atoms with Gasteiger partial charge in [0.2, 0.25) is 0 Å². The maximum absolute atomic E-state index is 12.3. The summed E-state index contributed by atoms with van der Waals surface area (Å²) >= 11 is 0. The first-order chi connectivity index (χ1) is 27.4. The minimum Gasteiger partial charge on any atom is -0.459 e. The second-order valence-corrected chi connectivity index (χ2v) is 42.5. The van der Waals surface area contributed by atoms with Crippen molar-refractivity contribution in [1.29, 1.82) is 0 Å². The highest BCUT2D eigenvalue weighted by Gasteiger charge is 2.43. The van der Waals surface area contributed by atoms with E-state index in [-0.39, 0.29) is 50.5 Å². The predicted molar refractivity (Wildman–Crippen MR) is 266 cm³/mol. The molecule has 0 bridgehead atoms. The van der Waals surface area contributed by atoms with E-state index in [1.54, 1.807) is 0 Å². The molecule has 8 nitrogen and oxygen atoms in total. The van der Waals surface area contributed by atoms with E-state index >= 15 is 0 Å². The molecule has 0 heterocycles. The average Bonchev–Trinajstić information content (AvgIpc) is 3.09. The molecule has 0 radical (unpaired) electrons. The van der Waals surface area contributed by atoms with E-state index in [0.29, 0.717) is 12.8 Å². The van der Waals surface area contributed by atoms with E-state index in [1.165, 1.54) is 14.0 Å². The number of carbonyl (C=O) groups is 2. The largest absolute Gasteiger partial charge is 0.459 e. The Bertz CT molecular complexity index is 1550. The maximum atomic E-state index is 12.3. The third-order valence-electron chi connectivity index (χ3n) is 14.2. The number of ether oxygens (including phenoxy) is 2. The van der Waals surface area contributed by atoms with Crippen LogP contribution in [-0.2, 0) is 36.8 Å². The van der Waals surface area contributed by atoms with Crippen LogP contribution in [0.2, 0.25) is 72.5 Å². The summed E-state index contributed by atoms with van der Waals surface area (Å²) in [6.45, 7) is 47.2. The van der Waals surface area contributed by atoms with Gasteiger partial charge in [-0.05, 0) is 129 Å². The minimum absolute atomic E-state index is 0.00806. The molecule has 5 atom stereocenters. The Morgan fingerprint density at radius 3 is 1.18 bits per heavy atom. The average molecular weight is 922 g/mol. The van der Waals surface area contributed by atoms with Gasteiger partial charge >= 0.3 is 11.9 Å². The van der Waals surface area contributed by atoms with E-state index in [0.717, 1.165) is 44.1 Å². The van der Waals surface area contributed by atoms with Crippen molar-refractivity contribution >= 4 is 45.2 Å². The first-order valence-corrected chi connectivity index (χ1v) is 34.6. The zero-order chi connectivity index (χ0) is 47.5. The van der Waals surface area contributed by atoms with Crippen molar-refractivity contribution in [1.82, 2.24) is 0 Å². The molecule has 0 N–H and O–H groups in total. The first kappa shape index (κ1) is 57.4. The van der Waals surface area contributed by atoms with Crippen molar-refractivity contribution < 1.29 is 36.8 Å². The predicted octanol–water partition coefficient (Wildman–Crippen LogP) is 14.1. The Morgan fingerprint density at radius 1 is 0.525 bits per heavy atom. The highest BCUT2D eigenvalue weighted by molar-refractivity contribution is 6.75. The highest BCUT2D eigenvalue weighted by atomic mass is 28.4. The van der Waals surface area contributed by atoms with E-state index in [2.05, 4.69) is 147 Å². The van der Waals surface area contributed by atoms with Crippen molar-refractivity contribution in [3.63, 3.8) is 0 Å². The van der Waals surface area contributed by atoms with Crippen LogP contribution in [0, 0.1) is 11.8 Å². The molecule has 0 saturated carbocycles. The van der Waals surface area contributed by atoms with Gasteiger partial charge in [0.1, 0.15) is 12.2 Å². The third-order valence-corrected chi connectivity index (χ3v) is 32.3. The quantitative estimate of drug-likeness (QED) is 0.0492. The smallest absolute Gasteiger partial charge is 0.384 e. The maximum Gasteiger partial charge on any atom is 0.384 e. The Hall–Kier alpha value is -1.57. The molecule has 0 amide bonds. The molecule has 1 aromatic rings. The Morgan fingerprint density at radius 2 is 0.852 bits per heavy atom. The fourth-order valence-corrected chi connectivity index (χ4v) is 11.5. The van der Waals surface area contributed by atoms with Gasteiger partial charge in [-0.15, -0.1) is 0 Å². The number of esters is 2. The van der Waals surface area contributed by atoms with E-state index < -0.39 is 45.3 Å². The zero-order valence-corrected chi connectivity index (χ0v) is 47.2. The molecule has 0 aliphatic carbocycles. The number of carbonyl (C=O) groups excluding carboxylic acids is 2. The van der Waals surface area contributed by atoms with Gasteiger partial charge in [0, 0.05) is 31.2 Å². The second-order valence-electron chi connectivity index (χ2n) is 23.4. The Balaban J connectivity index is 3.63. The van der Waals surface area contributed by atoms with E-state index in [1.807, 2.05) is 30.3 Å². The molecular weight excluding hydrogens is 829 g/mol. The molecule has 0 aromatic heterocycles. The van der Waals surface area contributed by atoms with Crippen LogP contribution >= 0.6 is 0 Å².